The van der Waals surface area contributed by atoms with Crippen LogP contribution in [0.2, 0.25) is 0 Å². The van der Waals surface area contributed by atoms with Crippen LogP contribution in [-0.2, 0) is 11.3 Å². The van der Waals surface area contributed by atoms with Gasteiger partial charge in [0, 0.05) is 26.2 Å². The van der Waals surface area contributed by atoms with E-state index in [0.29, 0.717) is 13.1 Å². The van der Waals surface area contributed by atoms with E-state index in [9.17, 15) is 4.79 Å². The summed E-state index contributed by atoms with van der Waals surface area (Å²) in [6.45, 7) is 7.17. The highest BCUT2D eigenvalue weighted by Crippen LogP contribution is 2.04. The molecule has 2 N–H and O–H groups in total. The van der Waals surface area contributed by atoms with Gasteiger partial charge in [0.05, 0.1) is 0 Å². The molecule has 0 aliphatic heterocycles. The van der Waals surface area contributed by atoms with E-state index < -0.39 is 0 Å². The van der Waals surface area contributed by atoms with Gasteiger partial charge in [-0.2, -0.15) is 11.8 Å². The van der Waals surface area contributed by atoms with Crippen molar-refractivity contribution >= 4 is 23.6 Å². The SMILES string of the molecule is CCNC(=NCC(=O)N(CC)Cc1ccccc1)NCCCCSC. The average Bonchev–Trinajstić information content (AvgIpc) is 2.64. The molecule has 0 aromatic heterocycles. The van der Waals surface area contributed by atoms with Crippen LogP contribution in [0.3, 0.4) is 0 Å². The number of nitrogens with zero attached hydrogens (tertiary/aromatic N) is 2. The Bertz CT molecular complexity index is 507. The second kappa shape index (κ2) is 13.6. The molecule has 0 saturated heterocycles. The summed E-state index contributed by atoms with van der Waals surface area (Å²) in [5, 5.41) is 6.50. The van der Waals surface area contributed by atoms with Crippen molar-refractivity contribution in [1.29, 1.82) is 0 Å². The van der Waals surface area contributed by atoms with E-state index >= 15 is 0 Å². The number of benzene rings is 1. The number of unbranched alkanes of at least 4 members (excludes halogenated alkanes) is 1. The normalized spacial score (nSPS) is 11.2. The Morgan fingerprint density at radius 2 is 1.92 bits per heavy atom. The molecule has 0 atom stereocenters. The van der Waals surface area contributed by atoms with Gasteiger partial charge in [0.25, 0.3) is 0 Å². The van der Waals surface area contributed by atoms with Gasteiger partial charge < -0.3 is 15.5 Å². The Hall–Kier alpha value is -1.69. The number of rotatable bonds is 11. The maximum Gasteiger partial charge on any atom is 0.244 e. The zero-order valence-electron chi connectivity index (χ0n) is 15.8. The van der Waals surface area contributed by atoms with Crippen LogP contribution in [0.15, 0.2) is 35.3 Å². The summed E-state index contributed by atoms with van der Waals surface area (Å²) < 4.78 is 0. The van der Waals surface area contributed by atoms with Crippen LogP contribution in [0.1, 0.15) is 32.3 Å². The number of carbonyl (C=O) groups excluding carboxylic acids is 1. The first-order valence-corrected chi connectivity index (χ1v) is 10.4. The average molecular weight is 365 g/mol. The van der Waals surface area contributed by atoms with Crippen molar-refractivity contribution in [2.75, 3.05) is 38.2 Å². The van der Waals surface area contributed by atoms with E-state index in [4.69, 9.17) is 0 Å². The highest BCUT2D eigenvalue weighted by molar-refractivity contribution is 7.98. The number of carbonyl (C=O) groups is 1. The molecule has 1 aromatic rings. The molecule has 0 fully saturated rings. The lowest BCUT2D eigenvalue weighted by Gasteiger charge is -2.20. The topological polar surface area (TPSA) is 56.7 Å². The lowest BCUT2D eigenvalue weighted by Crippen LogP contribution is -2.39. The number of guanidine groups is 1. The Labute approximate surface area is 156 Å². The third-order valence-corrected chi connectivity index (χ3v) is 4.43. The molecule has 0 aliphatic rings. The van der Waals surface area contributed by atoms with Crippen molar-refractivity contribution in [1.82, 2.24) is 15.5 Å². The molecular weight excluding hydrogens is 332 g/mol. The van der Waals surface area contributed by atoms with Gasteiger partial charge in [-0.25, -0.2) is 4.99 Å². The predicted molar refractivity (Wildman–Crippen MR) is 109 cm³/mol. The van der Waals surface area contributed by atoms with Crippen LogP contribution in [0.4, 0.5) is 0 Å². The highest BCUT2D eigenvalue weighted by Gasteiger charge is 2.11. The van der Waals surface area contributed by atoms with Crippen LogP contribution in [0.5, 0.6) is 0 Å². The summed E-state index contributed by atoms with van der Waals surface area (Å²) in [4.78, 5) is 18.7. The number of nitrogens with one attached hydrogen (secondary N) is 2. The van der Waals surface area contributed by atoms with Gasteiger partial charge >= 0.3 is 0 Å². The molecule has 0 radical (unpaired) electrons. The third kappa shape index (κ3) is 9.39. The minimum absolute atomic E-state index is 0.0472. The molecular formula is C19H32N4OS. The van der Waals surface area contributed by atoms with Gasteiger partial charge in [-0.15, -0.1) is 0 Å². The molecule has 0 aliphatic carbocycles. The molecule has 1 aromatic carbocycles. The van der Waals surface area contributed by atoms with Crippen molar-refractivity contribution in [3.05, 3.63) is 35.9 Å². The molecule has 0 saturated carbocycles. The van der Waals surface area contributed by atoms with Gasteiger partial charge in [0.2, 0.25) is 5.91 Å². The Morgan fingerprint density at radius 1 is 1.16 bits per heavy atom. The minimum atomic E-state index is 0.0472. The molecule has 1 amide bonds. The predicted octanol–water partition coefficient (Wildman–Crippen LogP) is 2.73. The molecule has 0 unspecified atom stereocenters. The number of thioether (sulfide) groups is 1. The maximum absolute atomic E-state index is 12.5. The molecule has 25 heavy (non-hydrogen) atoms. The number of likely N-dealkylation sites (N-methyl/N-ethyl adjacent to an activating group) is 1. The second-order valence-corrected chi connectivity index (χ2v) is 6.70. The smallest absolute Gasteiger partial charge is 0.244 e. The minimum Gasteiger partial charge on any atom is -0.357 e. The van der Waals surface area contributed by atoms with Gasteiger partial charge in [0.1, 0.15) is 6.54 Å². The van der Waals surface area contributed by atoms with Crippen molar-refractivity contribution in [2.24, 2.45) is 4.99 Å². The van der Waals surface area contributed by atoms with E-state index in [0.717, 1.165) is 31.0 Å². The Balaban J connectivity index is 2.49. The number of hydrogen-bond donors (Lipinski definition) is 2. The van der Waals surface area contributed by atoms with Crippen LogP contribution in [0, 0.1) is 0 Å². The molecule has 0 heterocycles. The standard InChI is InChI=1S/C19H32N4OS/c1-4-20-19(21-13-9-10-14-25-3)22-15-18(24)23(5-2)16-17-11-7-6-8-12-17/h6-8,11-12H,4-5,9-10,13-16H2,1-3H3,(H2,20,21,22). The monoisotopic (exact) mass is 364 g/mol. The van der Waals surface area contributed by atoms with Crippen LogP contribution in [0.25, 0.3) is 0 Å². The Morgan fingerprint density at radius 3 is 2.56 bits per heavy atom. The summed E-state index contributed by atoms with van der Waals surface area (Å²) in [5.74, 6) is 1.94. The number of hydrogen-bond acceptors (Lipinski definition) is 3. The number of amides is 1. The third-order valence-electron chi connectivity index (χ3n) is 3.74. The van der Waals surface area contributed by atoms with Crippen molar-refractivity contribution < 1.29 is 4.79 Å². The van der Waals surface area contributed by atoms with Gasteiger partial charge in [-0.1, -0.05) is 30.3 Å². The zero-order chi connectivity index (χ0) is 18.3. The van der Waals surface area contributed by atoms with Gasteiger partial charge in [0.15, 0.2) is 5.96 Å². The first-order chi connectivity index (χ1) is 12.2. The quantitative estimate of drug-likeness (QED) is 0.360. The summed E-state index contributed by atoms with van der Waals surface area (Å²) in [5.41, 5.74) is 1.14. The maximum atomic E-state index is 12.5. The molecule has 1 rings (SSSR count). The fourth-order valence-electron chi connectivity index (χ4n) is 2.35. The highest BCUT2D eigenvalue weighted by atomic mass is 32.2. The largest absolute Gasteiger partial charge is 0.357 e. The van der Waals surface area contributed by atoms with Gasteiger partial charge in [-0.3, -0.25) is 4.79 Å². The van der Waals surface area contributed by atoms with Crippen LogP contribution in [-0.4, -0.2) is 55.0 Å². The summed E-state index contributed by atoms with van der Waals surface area (Å²) in [7, 11) is 0. The summed E-state index contributed by atoms with van der Waals surface area (Å²) in [6.07, 6.45) is 4.42. The molecule has 6 heteroatoms. The van der Waals surface area contributed by atoms with Crippen LogP contribution >= 0.6 is 11.8 Å². The number of aliphatic imine (C=N–C) groups is 1. The second-order valence-electron chi connectivity index (χ2n) is 5.72. The molecule has 5 nitrogen and oxygen atoms in total. The molecule has 0 spiro atoms. The molecule has 0 bridgehead atoms. The first kappa shape index (κ1) is 21.4. The van der Waals surface area contributed by atoms with E-state index in [1.54, 1.807) is 0 Å². The lowest BCUT2D eigenvalue weighted by molar-refractivity contribution is -0.130. The first-order valence-electron chi connectivity index (χ1n) is 9.04. The fraction of sp³-hybridized carbons (Fsp3) is 0.579. The van der Waals surface area contributed by atoms with E-state index in [-0.39, 0.29) is 12.5 Å². The lowest BCUT2D eigenvalue weighted by atomic mass is 10.2. The van der Waals surface area contributed by atoms with Gasteiger partial charge in [-0.05, 0) is 44.3 Å². The van der Waals surface area contributed by atoms with E-state index in [1.807, 2.05) is 60.8 Å². The fourth-order valence-corrected chi connectivity index (χ4v) is 2.84. The van der Waals surface area contributed by atoms with Crippen molar-refractivity contribution in [2.45, 2.75) is 33.2 Å². The zero-order valence-corrected chi connectivity index (χ0v) is 16.6. The summed E-state index contributed by atoms with van der Waals surface area (Å²) in [6, 6.07) is 10.1. The van der Waals surface area contributed by atoms with E-state index in [2.05, 4.69) is 21.9 Å². The van der Waals surface area contributed by atoms with Crippen LogP contribution < -0.4 is 10.6 Å². The van der Waals surface area contributed by atoms with E-state index in [1.165, 1.54) is 12.2 Å². The molecule has 140 valence electrons. The van der Waals surface area contributed by atoms with Crippen molar-refractivity contribution in [3.8, 4) is 0 Å². The van der Waals surface area contributed by atoms with Crippen molar-refractivity contribution in [3.63, 3.8) is 0 Å². The summed E-state index contributed by atoms with van der Waals surface area (Å²) >= 11 is 1.87. The Kier molecular flexibility index (Phi) is 11.6.